The molecule has 0 aromatic carbocycles. The summed E-state index contributed by atoms with van der Waals surface area (Å²) in [5.74, 6) is 4.14. The number of hydrogen-bond donors (Lipinski definition) is 0. The average molecular weight is 166 g/mol. The lowest BCUT2D eigenvalue weighted by molar-refractivity contribution is 0.166. The Morgan fingerprint density at radius 3 is 2.50 bits per heavy atom. The Morgan fingerprint density at radius 2 is 2.08 bits per heavy atom. The zero-order valence-corrected chi connectivity index (χ0v) is 8.93. The second-order valence-corrected chi connectivity index (χ2v) is 5.90. The van der Waals surface area contributed by atoms with E-state index < -0.39 is 0 Å². The summed E-state index contributed by atoms with van der Waals surface area (Å²) in [6.07, 6.45) is 4.52. The van der Waals surface area contributed by atoms with Gasteiger partial charge in [-0.25, -0.2) is 0 Å². The molecule has 2 fully saturated rings. The first-order chi connectivity index (χ1) is 5.53. The van der Waals surface area contributed by atoms with E-state index in [1.54, 1.807) is 6.42 Å². The number of hydrogen-bond acceptors (Lipinski definition) is 0. The third-order valence-corrected chi connectivity index (χ3v) is 4.32. The predicted molar refractivity (Wildman–Crippen MR) is 52.9 cm³/mol. The maximum atomic E-state index is 2.52. The maximum Gasteiger partial charge on any atom is -0.0292 e. The summed E-state index contributed by atoms with van der Waals surface area (Å²) >= 11 is 0. The molecule has 0 bridgehead atoms. The van der Waals surface area contributed by atoms with Crippen molar-refractivity contribution in [3.05, 3.63) is 0 Å². The summed E-state index contributed by atoms with van der Waals surface area (Å²) in [4.78, 5) is 0. The highest BCUT2D eigenvalue weighted by Gasteiger charge is 2.56. The summed E-state index contributed by atoms with van der Waals surface area (Å²) in [7, 11) is 0. The van der Waals surface area contributed by atoms with E-state index in [-0.39, 0.29) is 0 Å². The van der Waals surface area contributed by atoms with Gasteiger partial charge in [0.25, 0.3) is 0 Å². The molecule has 12 heavy (non-hydrogen) atoms. The topological polar surface area (TPSA) is 0 Å². The fourth-order valence-electron chi connectivity index (χ4n) is 3.62. The van der Waals surface area contributed by atoms with Gasteiger partial charge in [-0.15, -0.1) is 0 Å². The van der Waals surface area contributed by atoms with Crippen LogP contribution in [0.25, 0.3) is 0 Å². The SMILES string of the molecule is CC(C)CC1(C)CC2CC2C1C. The minimum atomic E-state index is 0.696. The van der Waals surface area contributed by atoms with Crippen LogP contribution in [0.2, 0.25) is 0 Å². The second kappa shape index (κ2) is 2.49. The molecule has 0 heterocycles. The third-order valence-electron chi connectivity index (χ3n) is 4.32. The summed E-state index contributed by atoms with van der Waals surface area (Å²) < 4.78 is 0. The normalized spacial score (nSPS) is 51.2. The molecule has 2 aliphatic rings. The molecular formula is C12H22. The average Bonchev–Trinajstić information content (AvgIpc) is 2.58. The molecule has 0 nitrogen and oxygen atoms in total. The molecule has 0 saturated heterocycles. The van der Waals surface area contributed by atoms with Gasteiger partial charge in [0.1, 0.15) is 0 Å². The van der Waals surface area contributed by atoms with Crippen molar-refractivity contribution in [2.75, 3.05) is 0 Å². The first kappa shape index (κ1) is 8.59. The zero-order chi connectivity index (χ0) is 8.93. The van der Waals surface area contributed by atoms with Crippen molar-refractivity contribution >= 4 is 0 Å². The molecule has 0 radical (unpaired) electrons. The highest BCUT2D eigenvalue weighted by molar-refractivity contribution is 5.05. The Kier molecular flexibility index (Phi) is 1.79. The summed E-state index contributed by atoms with van der Waals surface area (Å²) in [5, 5.41) is 0. The molecule has 0 amide bonds. The van der Waals surface area contributed by atoms with Crippen LogP contribution in [0.1, 0.15) is 47.0 Å². The van der Waals surface area contributed by atoms with E-state index in [2.05, 4.69) is 27.7 Å². The molecule has 0 aliphatic heterocycles. The highest BCUT2D eigenvalue weighted by atomic mass is 14.6. The molecule has 4 unspecified atom stereocenters. The standard InChI is InChI=1S/C12H22/c1-8(2)6-12(4)7-10-5-11(10)9(12)3/h8-11H,5-7H2,1-4H3. The number of fused-ring (bicyclic) bond motifs is 1. The van der Waals surface area contributed by atoms with E-state index in [0.717, 1.165) is 23.7 Å². The molecule has 0 N–H and O–H groups in total. The van der Waals surface area contributed by atoms with Crippen molar-refractivity contribution in [3.8, 4) is 0 Å². The summed E-state index contributed by atoms with van der Waals surface area (Å²) in [6.45, 7) is 9.73. The van der Waals surface area contributed by atoms with Crippen LogP contribution in [-0.2, 0) is 0 Å². The summed E-state index contributed by atoms with van der Waals surface area (Å²) in [6, 6.07) is 0. The van der Waals surface area contributed by atoms with E-state index in [1.807, 2.05) is 0 Å². The van der Waals surface area contributed by atoms with Crippen LogP contribution in [0.5, 0.6) is 0 Å². The molecule has 2 aliphatic carbocycles. The maximum absolute atomic E-state index is 2.52. The van der Waals surface area contributed by atoms with Crippen molar-refractivity contribution in [1.82, 2.24) is 0 Å². The van der Waals surface area contributed by atoms with E-state index >= 15 is 0 Å². The molecular weight excluding hydrogens is 144 g/mol. The van der Waals surface area contributed by atoms with Gasteiger partial charge in [0.15, 0.2) is 0 Å². The van der Waals surface area contributed by atoms with Crippen LogP contribution in [-0.4, -0.2) is 0 Å². The van der Waals surface area contributed by atoms with Crippen LogP contribution in [0.3, 0.4) is 0 Å². The monoisotopic (exact) mass is 166 g/mol. The Morgan fingerprint density at radius 1 is 1.42 bits per heavy atom. The van der Waals surface area contributed by atoms with Crippen molar-refractivity contribution in [3.63, 3.8) is 0 Å². The third kappa shape index (κ3) is 1.20. The molecule has 0 heteroatoms. The first-order valence-corrected chi connectivity index (χ1v) is 5.53. The largest absolute Gasteiger partial charge is 0.0628 e. The first-order valence-electron chi connectivity index (χ1n) is 5.53. The lowest BCUT2D eigenvalue weighted by atomic mass is 9.72. The van der Waals surface area contributed by atoms with E-state index in [1.165, 1.54) is 12.8 Å². The van der Waals surface area contributed by atoms with E-state index in [9.17, 15) is 0 Å². The van der Waals surface area contributed by atoms with Crippen molar-refractivity contribution in [1.29, 1.82) is 0 Å². The van der Waals surface area contributed by atoms with Crippen molar-refractivity contribution < 1.29 is 0 Å². The molecule has 2 saturated carbocycles. The van der Waals surface area contributed by atoms with Gasteiger partial charge < -0.3 is 0 Å². The van der Waals surface area contributed by atoms with E-state index in [0.29, 0.717) is 5.41 Å². The lowest BCUT2D eigenvalue weighted by Gasteiger charge is -2.33. The van der Waals surface area contributed by atoms with Crippen LogP contribution >= 0.6 is 0 Å². The highest BCUT2D eigenvalue weighted by Crippen LogP contribution is 2.64. The minimum absolute atomic E-state index is 0.696. The predicted octanol–water partition coefficient (Wildman–Crippen LogP) is 3.71. The van der Waals surface area contributed by atoms with Gasteiger partial charge in [-0.2, -0.15) is 0 Å². The Balaban J connectivity index is 2.02. The molecule has 0 aromatic rings. The molecule has 2 rings (SSSR count). The van der Waals surface area contributed by atoms with E-state index in [4.69, 9.17) is 0 Å². The van der Waals surface area contributed by atoms with Gasteiger partial charge in [0.05, 0.1) is 0 Å². The van der Waals surface area contributed by atoms with Gasteiger partial charge in [-0.05, 0) is 48.3 Å². The molecule has 4 atom stereocenters. The minimum Gasteiger partial charge on any atom is -0.0628 e. The van der Waals surface area contributed by atoms with Crippen molar-refractivity contribution in [2.24, 2.45) is 29.1 Å². The van der Waals surface area contributed by atoms with Crippen LogP contribution in [0.15, 0.2) is 0 Å². The smallest absolute Gasteiger partial charge is 0.0292 e. The van der Waals surface area contributed by atoms with Crippen LogP contribution in [0.4, 0.5) is 0 Å². The summed E-state index contributed by atoms with van der Waals surface area (Å²) in [5.41, 5.74) is 0.696. The Bertz CT molecular complexity index is 182. The van der Waals surface area contributed by atoms with Crippen LogP contribution in [0, 0.1) is 29.1 Å². The Labute approximate surface area is 76.7 Å². The van der Waals surface area contributed by atoms with Gasteiger partial charge in [0.2, 0.25) is 0 Å². The second-order valence-electron chi connectivity index (χ2n) is 5.90. The Hall–Kier alpha value is 0. The molecule has 0 spiro atoms. The fraction of sp³-hybridized carbons (Fsp3) is 1.00. The van der Waals surface area contributed by atoms with Gasteiger partial charge in [0, 0.05) is 0 Å². The fourth-order valence-corrected chi connectivity index (χ4v) is 3.62. The van der Waals surface area contributed by atoms with Gasteiger partial charge in [-0.3, -0.25) is 0 Å². The van der Waals surface area contributed by atoms with Crippen molar-refractivity contribution in [2.45, 2.75) is 47.0 Å². The quantitative estimate of drug-likeness (QED) is 0.586. The zero-order valence-electron chi connectivity index (χ0n) is 8.93. The molecule has 70 valence electrons. The number of rotatable bonds is 2. The van der Waals surface area contributed by atoms with Crippen LogP contribution < -0.4 is 0 Å². The molecule has 0 aromatic heterocycles. The lowest BCUT2D eigenvalue weighted by Crippen LogP contribution is -2.24. The van der Waals surface area contributed by atoms with Gasteiger partial charge >= 0.3 is 0 Å². The van der Waals surface area contributed by atoms with Gasteiger partial charge in [-0.1, -0.05) is 27.7 Å².